The minimum atomic E-state index is -3.86. The average molecular weight is 429 g/mol. The van der Waals surface area contributed by atoms with E-state index in [-0.39, 0.29) is 21.7 Å². The first-order valence-corrected chi connectivity index (χ1v) is 11.8. The number of nitrogens with zero attached hydrogens (tertiary/aromatic N) is 1. The number of rotatable bonds is 5. The van der Waals surface area contributed by atoms with Crippen molar-refractivity contribution < 1.29 is 16.8 Å². The first-order valence-electron chi connectivity index (χ1n) is 7.95. The number of halogens is 2. The molecule has 1 aromatic carbocycles. The quantitative estimate of drug-likeness (QED) is 0.780. The summed E-state index contributed by atoms with van der Waals surface area (Å²) in [7, 11) is -7.11. The van der Waals surface area contributed by atoms with Crippen molar-refractivity contribution in [2.75, 3.05) is 18.8 Å². The van der Waals surface area contributed by atoms with Crippen molar-refractivity contribution in [2.45, 2.75) is 44.6 Å². The Morgan fingerprint density at radius 1 is 1.16 bits per heavy atom. The molecule has 1 heterocycles. The molecule has 0 saturated carbocycles. The molecular formula is C15H22Cl2N2O4S2. The highest BCUT2D eigenvalue weighted by Crippen LogP contribution is 2.33. The molecule has 0 aliphatic carbocycles. The second-order valence-corrected chi connectivity index (χ2v) is 10.8. The van der Waals surface area contributed by atoms with Crippen molar-refractivity contribution in [1.29, 1.82) is 0 Å². The Balaban J connectivity index is 2.20. The molecule has 10 heteroatoms. The van der Waals surface area contributed by atoms with Crippen LogP contribution >= 0.6 is 23.2 Å². The molecule has 0 spiro atoms. The van der Waals surface area contributed by atoms with Crippen molar-refractivity contribution in [3.63, 3.8) is 0 Å². The molecule has 1 aliphatic heterocycles. The maximum absolute atomic E-state index is 12.8. The van der Waals surface area contributed by atoms with Gasteiger partial charge in [-0.25, -0.2) is 25.9 Å². The van der Waals surface area contributed by atoms with Gasteiger partial charge in [-0.3, -0.25) is 0 Å². The van der Waals surface area contributed by atoms with Gasteiger partial charge in [-0.1, -0.05) is 23.2 Å². The third-order valence-corrected chi connectivity index (χ3v) is 8.95. The fourth-order valence-electron chi connectivity index (χ4n) is 2.85. The zero-order valence-electron chi connectivity index (χ0n) is 14.3. The van der Waals surface area contributed by atoms with E-state index in [2.05, 4.69) is 4.72 Å². The van der Waals surface area contributed by atoms with Gasteiger partial charge in [0.05, 0.1) is 10.8 Å². The molecule has 1 saturated heterocycles. The van der Waals surface area contributed by atoms with E-state index in [0.717, 1.165) is 0 Å². The Hall–Kier alpha value is -0.380. The molecule has 6 nitrogen and oxygen atoms in total. The van der Waals surface area contributed by atoms with Crippen LogP contribution in [0.25, 0.3) is 0 Å². The van der Waals surface area contributed by atoms with Crippen LogP contribution in [0.15, 0.2) is 11.0 Å². The van der Waals surface area contributed by atoms with Gasteiger partial charge < -0.3 is 0 Å². The molecule has 1 fully saturated rings. The fraction of sp³-hybridized carbons (Fsp3) is 0.600. The van der Waals surface area contributed by atoms with Gasteiger partial charge in [-0.05, 0) is 50.8 Å². The molecule has 0 unspecified atom stereocenters. The lowest BCUT2D eigenvalue weighted by atomic mass is 10.1. The Morgan fingerprint density at radius 3 is 2.24 bits per heavy atom. The van der Waals surface area contributed by atoms with E-state index in [1.807, 2.05) is 0 Å². The average Bonchev–Trinajstić information content (AvgIpc) is 2.53. The van der Waals surface area contributed by atoms with Crippen molar-refractivity contribution >= 4 is 43.2 Å². The van der Waals surface area contributed by atoms with Crippen LogP contribution in [0.2, 0.25) is 10.0 Å². The van der Waals surface area contributed by atoms with Crippen LogP contribution in [0.1, 0.15) is 30.9 Å². The minimum Gasteiger partial charge on any atom is -0.212 e. The molecule has 0 amide bonds. The van der Waals surface area contributed by atoms with Gasteiger partial charge in [0.1, 0.15) is 4.90 Å². The predicted octanol–water partition coefficient (Wildman–Crippen LogP) is 2.70. The summed E-state index contributed by atoms with van der Waals surface area (Å²) in [5.41, 5.74) is 0.984. The highest BCUT2D eigenvalue weighted by molar-refractivity contribution is 7.89. The first kappa shape index (κ1) is 20.9. The summed E-state index contributed by atoms with van der Waals surface area (Å²) in [6, 6.07) is 1.29. The summed E-state index contributed by atoms with van der Waals surface area (Å²) < 4.78 is 53.4. The summed E-state index contributed by atoms with van der Waals surface area (Å²) >= 11 is 12.3. The number of hydrogen-bond acceptors (Lipinski definition) is 4. The van der Waals surface area contributed by atoms with Gasteiger partial charge >= 0.3 is 0 Å². The third kappa shape index (κ3) is 4.48. The second-order valence-electron chi connectivity index (χ2n) is 6.14. The van der Waals surface area contributed by atoms with Gasteiger partial charge in [-0.2, -0.15) is 0 Å². The number of aryl methyl sites for hydroxylation is 1. The SMILES string of the molecule is CCS(=O)(=O)N1CCC(NS(=O)(=O)c2c(C)c(Cl)cc(C)c2Cl)CC1. The minimum absolute atomic E-state index is 0.0113. The molecule has 25 heavy (non-hydrogen) atoms. The van der Waals surface area contributed by atoms with E-state index < -0.39 is 20.0 Å². The molecule has 0 bridgehead atoms. The van der Waals surface area contributed by atoms with Crippen LogP contribution in [-0.4, -0.2) is 46.0 Å². The van der Waals surface area contributed by atoms with E-state index in [0.29, 0.717) is 42.1 Å². The van der Waals surface area contributed by atoms with Gasteiger partial charge in [0.25, 0.3) is 0 Å². The summed E-state index contributed by atoms with van der Waals surface area (Å²) in [5.74, 6) is 0.0417. The number of sulfonamides is 2. The fourth-order valence-corrected chi connectivity index (χ4v) is 6.50. The van der Waals surface area contributed by atoms with Crippen molar-refractivity contribution in [3.05, 3.63) is 27.2 Å². The highest BCUT2D eigenvalue weighted by atomic mass is 35.5. The lowest BCUT2D eigenvalue weighted by Gasteiger charge is -2.31. The monoisotopic (exact) mass is 428 g/mol. The Morgan fingerprint density at radius 2 is 1.72 bits per heavy atom. The largest absolute Gasteiger partial charge is 0.242 e. The number of benzene rings is 1. The van der Waals surface area contributed by atoms with Crippen LogP contribution in [-0.2, 0) is 20.0 Å². The van der Waals surface area contributed by atoms with E-state index in [1.54, 1.807) is 26.8 Å². The van der Waals surface area contributed by atoms with E-state index in [9.17, 15) is 16.8 Å². The molecule has 0 atom stereocenters. The molecule has 0 radical (unpaired) electrons. The zero-order chi connectivity index (χ0) is 19.0. The van der Waals surface area contributed by atoms with Gasteiger partial charge in [0, 0.05) is 24.2 Å². The first-order chi connectivity index (χ1) is 11.5. The van der Waals surface area contributed by atoms with Crippen molar-refractivity contribution in [3.8, 4) is 0 Å². The number of hydrogen-bond donors (Lipinski definition) is 1. The van der Waals surface area contributed by atoms with Gasteiger partial charge in [-0.15, -0.1) is 0 Å². The summed E-state index contributed by atoms with van der Waals surface area (Å²) in [5, 5.41) is 0.492. The summed E-state index contributed by atoms with van der Waals surface area (Å²) in [4.78, 5) is -0.0113. The number of nitrogens with one attached hydrogen (secondary N) is 1. The van der Waals surface area contributed by atoms with Crippen LogP contribution in [0.5, 0.6) is 0 Å². The van der Waals surface area contributed by atoms with E-state index in [4.69, 9.17) is 23.2 Å². The topological polar surface area (TPSA) is 83.6 Å². The Kier molecular flexibility index (Phi) is 6.44. The maximum Gasteiger partial charge on any atom is 0.242 e. The van der Waals surface area contributed by atoms with Crippen molar-refractivity contribution in [2.24, 2.45) is 0 Å². The molecular weight excluding hydrogens is 407 g/mol. The molecule has 1 aromatic rings. The highest BCUT2D eigenvalue weighted by Gasteiger charge is 2.31. The molecule has 142 valence electrons. The third-order valence-electron chi connectivity index (χ3n) is 4.39. The van der Waals surface area contributed by atoms with Gasteiger partial charge in [0.2, 0.25) is 20.0 Å². The normalized spacial score (nSPS) is 17.8. The van der Waals surface area contributed by atoms with Crippen LogP contribution < -0.4 is 4.72 Å². The predicted molar refractivity (Wildman–Crippen MR) is 100 cm³/mol. The molecule has 0 aromatic heterocycles. The smallest absolute Gasteiger partial charge is 0.212 e. The summed E-state index contributed by atoms with van der Waals surface area (Å²) in [6.07, 6.45) is 0.823. The van der Waals surface area contributed by atoms with Crippen LogP contribution in [0.4, 0.5) is 0 Å². The lowest BCUT2D eigenvalue weighted by molar-refractivity contribution is 0.309. The van der Waals surface area contributed by atoms with E-state index >= 15 is 0 Å². The Bertz CT molecular complexity index is 836. The van der Waals surface area contributed by atoms with Gasteiger partial charge in [0.15, 0.2) is 0 Å². The van der Waals surface area contributed by atoms with Crippen LogP contribution in [0, 0.1) is 13.8 Å². The number of piperidine rings is 1. The standard InChI is InChI=1S/C15H22Cl2N2O4S2/c1-4-24(20,21)19-7-5-12(6-8-19)18-25(22,23)15-11(3)13(16)9-10(2)14(15)17/h9,12,18H,4-8H2,1-3H3. The van der Waals surface area contributed by atoms with Crippen LogP contribution in [0.3, 0.4) is 0 Å². The second kappa shape index (κ2) is 7.70. The lowest BCUT2D eigenvalue weighted by Crippen LogP contribution is -2.46. The molecule has 1 aliphatic rings. The van der Waals surface area contributed by atoms with Crippen molar-refractivity contribution in [1.82, 2.24) is 9.03 Å². The zero-order valence-corrected chi connectivity index (χ0v) is 17.5. The summed E-state index contributed by atoms with van der Waals surface area (Å²) in [6.45, 7) is 5.49. The molecule has 2 rings (SSSR count). The maximum atomic E-state index is 12.8. The Labute approximate surface area is 159 Å². The molecule has 1 N–H and O–H groups in total. The van der Waals surface area contributed by atoms with E-state index in [1.165, 1.54) is 4.31 Å².